The topological polar surface area (TPSA) is 90.9 Å². The maximum Gasteiger partial charge on any atom is 0.215 e. The summed E-state index contributed by atoms with van der Waals surface area (Å²) in [4.78, 5) is 12.8. The van der Waals surface area contributed by atoms with Crippen molar-refractivity contribution < 1.29 is 23.2 Å². The lowest BCUT2D eigenvalue weighted by Crippen LogP contribution is -2.35. The fourth-order valence-corrected chi connectivity index (χ4v) is 4.23. The van der Waals surface area contributed by atoms with E-state index in [1.165, 1.54) is 25.1 Å². The molecule has 1 aromatic carbocycles. The Bertz CT molecular complexity index is 837. The van der Waals surface area contributed by atoms with E-state index >= 15 is 0 Å². The number of nitrogens with one attached hydrogen (secondary N) is 2. The fourth-order valence-electron chi connectivity index (χ4n) is 2.88. The van der Waals surface area contributed by atoms with E-state index in [0.29, 0.717) is 18.6 Å². The quantitative estimate of drug-likeness (QED) is 0.288. The molecule has 1 atom stereocenters. The van der Waals surface area contributed by atoms with E-state index in [9.17, 15) is 18.5 Å². The highest BCUT2D eigenvalue weighted by atomic mass is 32.2. The van der Waals surface area contributed by atoms with Crippen molar-refractivity contribution in [2.24, 2.45) is 0 Å². The summed E-state index contributed by atoms with van der Waals surface area (Å²) in [7, 11) is 1.40. The monoisotopic (exact) mass is 425 g/mol. The van der Waals surface area contributed by atoms with Crippen LogP contribution in [0.15, 0.2) is 41.6 Å². The van der Waals surface area contributed by atoms with Crippen molar-refractivity contribution in [3.63, 3.8) is 0 Å². The molecule has 3 N–H and O–H groups in total. The molecule has 1 fully saturated rings. The number of hydrogen-bond acceptors (Lipinski definition) is 5. The van der Waals surface area contributed by atoms with Gasteiger partial charge in [0.1, 0.15) is 34.1 Å². The third kappa shape index (κ3) is 5.36. The minimum atomic E-state index is -1.54. The van der Waals surface area contributed by atoms with Crippen LogP contribution in [0.1, 0.15) is 31.7 Å². The van der Waals surface area contributed by atoms with Crippen LogP contribution in [0.5, 0.6) is 0 Å². The summed E-state index contributed by atoms with van der Waals surface area (Å²) in [5.41, 5.74) is 1.17. The van der Waals surface area contributed by atoms with Gasteiger partial charge in [-0.05, 0) is 56.9 Å². The van der Waals surface area contributed by atoms with Gasteiger partial charge in [-0.25, -0.2) is 8.60 Å². The summed E-state index contributed by atoms with van der Waals surface area (Å²) in [6.45, 7) is 3.44. The number of aliphatic hydroxyl groups is 1. The van der Waals surface area contributed by atoms with Crippen LogP contribution in [-0.4, -0.2) is 46.1 Å². The van der Waals surface area contributed by atoms with Crippen LogP contribution in [0.3, 0.4) is 0 Å². The number of rotatable bonds is 11. The second-order valence-corrected chi connectivity index (χ2v) is 8.54. The third-order valence-electron chi connectivity index (χ3n) is 4.82. The Morgan fingerprint density at radius 1 is 1.45 bits per heavy atom. The van der Waals surface area contributed by atoms with Gasteiger partial charge in [-0.1, -0.05) is 6.07 Å². The molecule has 2 rings (SSSR count). The minimum Gasteiger partial charge on any atom is -0.495 e. The number of aliphatic hydroxyl groups excluding tert-OH is 1. The number of allylic oxidation sites excluding steroid dienone is 1. The van der Waals surface area contributed by atoms with Gasteiger partial charge in [-0.3, -0.25) is 9.52 Å². The Morgan fingerprint density at radius 3 is 2.62 bits per heavy atom. The van der Waals surface area contributed by atoms with Crippen LogP contribution < -0.4 is 10.0 Å². The van der Waals surface area contributed by atoms with Crippen molar-refractivity contribution in [2.45, 2.75) is 37.9 Å². The lowest BCUT2D eigenvalue weighted by molar-refractivity contribution is -0.115. The van der Waals surface area contributed by atoms with Gasteiger partial charge in [-0.15, -0.1) is 0 Å². The summed E-state index contributed by atoms with van der Waals surface area (Å²) in [6, 6.07) is 4.68. The van der Waals surface area contributed by atoms with Gasteiger partial charge in [0.25, 0.3) is 0 Å². The van der Waals surface area contributed by atoms with Crippen LogP contribution in [0.25, 0.3) is 0 Å². The first-order valence-corrected chi connectivity index (χ1v) is 10.4. The Balaban J connectivity index is 2.51. The Kier molecular flexibility index (Phi) is 7.80. The highest BCUT2D eigenvalue weighted by Crippen LogP contribution is 2.44. The Morgan fingerprint density at radius 2 is 2.14 bits per heavy atom. The number of anilines is 1. The average Bonchev–Trinajstić information content (AvgIpc) is 3.48. The first-order valence-electron chi connectivity index (χ1n) is 9.27. The molecule has 0 aromatic heterocycles. The molecule has 160 valence electrons. The van der Waals surface area contributed by atoms with Gasteiger partial charge in [0.2, 0.25) is 6.41 Å². The van der Waals surface area contributed by atoms with Crippen molar-refractivity contribution >= 4 is 23.1 Å². The molecular formula is C20H28FN3O4S. The first-order chi connectivity index (χ1) is 13.8. The van der Waals surface area contributed by atoms with Gasteiger partial charge in [-0.2, -0.15) is 0 Å². The molecule has 0 heterocycles. The molecule has 9 heteroatoms. The molecule has 1 saturated carbocycles. The van der Waals surface area contributed by atoms with Crippen LogP contribution in [-0.2, 0) is 20.5 Å². The van der Waals surface area contributed by atoms with Gasteiger partial charge < -0.3 is 20.1 Å². The molecule has 1 unspecified atom stereocenters. The van der Waals surface area contributed by atoms with Crippen molar-refractivity contribution in [1.29, 1.82) is 0 Å². The number of amides is 1. The van der Waals surface area contributed by atoms with E-state index in [1.54, 1.807) is 32.1 Å². The molecule has 1 amide bonds. The lowest BCUT2D eigenvalue weighted by Gasteiger charge is -2.25. The van der Waals surface area contributed by atoms with Gasteiger partial charge >= 0.3 is 0 Å². The van der Waals surface area contributed by atoms with Crippen LogP contribution in [0, 0.1) is 12.7 Å². The zero-order valence-electron chi connectivity index (χ0n) is 17.1. The van der Waals surface area contributed by atoms with Crippen molar-refractivity contribution in [1.82, 2.24) is 9.62 Å². The predicted octanol–water partition coefficient (Wildman–Crippen LogP) is 2.52. The molecule has 1 aliphatic rings. The van der Waals surface area contributed by atoms with Crippen LogP contribution in [0.4, 0.5) is 10.1 Å². The summed E-state index contributed by atoms with van der Waals surface area (Å²) in [5, 5.41) is 12.2. The lowest BCUT2D eigenvalue weighted by atomic mass is 10.2. The first kappa shape index (κ1) is 22.9. The van der Waals surface area contributed by atoms with Gasteiger partial charge in [0.15, 0.2) is 0 Å². The number of aryl methyl sites for hydroxylation is 1. The molecular weight excluding hydrogens is 397 g/mol. The molecule has 0 aliphatic heterocycles. The largest absolute Gasteiger partial charge is 0.495 e. The number of benzene rings is 1. The van der Waals surface area contributed by atoms with E-state index in [0.717, 1.165) is 18.4 Å². The fraction of sp³-hybridized carbons (Fsp3) is 0.450. The zero-order valence-corrected chi connectivity index (χ0v) is 17.9. The van der Waals surface area contributed by atoms with Gasteiger partial charge in [0, 0.05) is 13.7 Å². The van der Waals surface area contributed by atoms with E-state index in [-0.39, 0.29) is 23.8 Å². The number of methoxy groups -OCH3 is 1. The summed E-state index contributed by atoms with van der Waals surface area (Å²) in [6.07, 6.45) is 4.05. The highest BCUT2D eigenvalue weighted by molar-refractivity contribution is 7.85. The maximum atomic E-state index is 14.4. The molecule has 29 heavy (non-hydrogen) atoms. The normalized spacial score (nSPS) is 17.1. The molecule has 1 aliphatic carbocycles. The number of hydrogen-bond donors (Lipinski definition) is 3. The maximum absolute atomic E-state index is 14.4. The smallest absolute Gasteiger partial charge is 0.215 e. The zero-order chi connectivity index (χ0) is 21.6. The number of ether oxygens (including phenoxy) is 1. The minimum absolute atomic E-state index is 0.0683. The Labute approximate surface area is 173 Å². The number of carbonyl (C=O) groups excluding carboxylic acids is 1. The van der Waals surface area contributed by atoms with Crippen molar-refractivity contribution in [2.75, 3.05) is 26.1 Å². The SMILES string of the molecule is C/C=C(OC)\C(NS(=O)C1(CCO)CC1)=C(\Nc1ccc(C)cc1F)N(C)C=O. The molecule has 1 aromatic rings. The molecule has 0 bridgehead atoms. The number of nitrogens with zero attached hydrogens (tertiary/aromatic N) is 1. The van der Waals surface area contributed by atoms with Crippen LogP contribution in [0.2, 0.25) is 0 Å². The van der Waals surface area contributed by atoms with Crippen molar-refractivity contribution in [3.8, 4) is 0 Å². The summed E-state index contributed by atoms with van der Waals surface area (Å²) in [5.74, 6) is 0.0355. The van der Waals surface area contributed by atoms with E-state index in [4.69, 9.17) is 4.74 Å². The highest BCUT2D eigenvalue weighted by Gasteiger charge is 2.49. The molecule has 0 spiro atoms. The van der Waals surface area contributed by atoms with Gasteiger partial charge in [0.05, 0.1) is 17.5 Å². The Hall–Kier alpha value is -2.39. The predicted molar refractivity (Wildman–Crippen MR) is 111 cm³/mol. The second-order valence-electron chi connectivity index (χ2n) is 6.93. The van der Waals surface area contributed by atoms with E-state index in [1.807, 2.05) is 0 Å². The summed E-state index contributed by atoms with van der Waals surface area (Å²) >= 11 is 0. The van der Waals surface area contributed by atoms with Crippen molar-refractivity contribution in [3.05, 3.63) is 52.9 Å². The molecule has 0 radical (unpaired) electrons. The molecule has 7 nitrogen and oxygen atoms in total. The number of halogens is 1. The molecule has 0 saturated heterocycles. The van der Waals surface area contributed by atoms with Crippen LogP contribution >= 0.6 is 0 Å². The summed E-state index contributed by atoms with van der Waals surface area (Å²) < 4.78 is 35.2. The third-order valence-corrected chi connectivity index (χ3v) is 6.61. The van der Waals surface area contributed by atoms with E-state index < -0.39 is 21.5 Å². The van der Waals surface area contributed by atoms with E-state index in [2.05, 4.69) is 10.0 Å². The standard InChI is InChI=1S/C20H28FN3O4S/c1-5-17(28-4)18(23-29(27)20(8-9-20)10-11-25)19(24(3)13-26)22-16-7-6-14(2)12-15(16)21/h5-7,12-13,22-23,25H,8-11H2,1-4H3/b17-5+,19-18+. The second kappa shape index (κ2) is 9.89. The number of carbonyl (C=O) groups is 1. The average molecular weight is 426 g/mol.